The van der Waals surface area contributed by atoms with E-state index in [0.29, 0.717) is 5.41 Å². The number of hydrogen-bond acceptors (Lipinski definition) is 3. The Kier molecular flexibility index (Phi) is 8.32. The number of ether oxygens (including phenoxy) is 2. The molecule has 0 bridgehead atoms. The van der Waals surface area contributed by atoms with Crippen molar-refractivity contribution >= 4 is 6.16 Å². The molecule has 210 valence electrons. The highest BCUT2D eigenvalue weighted by molar-refractivity contribution is 5.60. The molecule has 1 aromatic rings. The predicted octanol–water partition coefficient (Wildman–Crippen LogP) is 9.75. The molecule has 0 aliphatic heterocycles. The molecule has 4 aliphatic carbocycles. The fraction of sp³-hybridized carbons (Fsp3) is 0.743. The Bertz CT molecular complexity index is 982. The van der Waals surface area contributed by atoms with Crippen molar-refractivity contribution in [3.63, 3.8) is 0 Å². The minimum Gasteiger partial charge on any atom is -0.431 e. The van der Waals surface area contributed by atoms with Gasteiger partial charge in [-0.15, -0.1) is 0 Å². The lowest BCUT2D eigenvalue weighted by atomic mass is 9.47. The summed E-state index contributed by atoms with van der Waals surface area (Å²) in [5, 5.41) is 0. The van der Waals surface area contributed by atoms with Crippen molar-refractivity contribution in [2.45, 2.75) is 118 Å². The molecule has 0 heterocycles. The van der Waals surface area contributed by atoms with Crippen LogP contribution in [0.4, 0.5) is 4.79 Å². The summed E-state index contributed by atoms with van der Waals surface area (Å²) in [5.74, 6) is 5.11. The second-order valence-corrected chi connectivity index (χ2v) is 14.3. The number of hydrogen-bond donors (Lipinski definition) is 0. The van der Waals surface area contributed by atoms with Gasteiger partial charge in [-0.2, -0.15) is 0 Å². The normalized spacial score (nSPS) is 37.0. The van der Waals surface area contributed by atoms with Gasteiger partial charge in [0.25, 0.3) is 0 Å². The second kappa shape index (κ2) is 11.4. The highest BCUT2D eigenvalue weighted by Crippen LogP contribution is 2.67. The average molecular weight is 521 g/mol. The van der Waals surface area contributed by atoms with Crippen LogP contribution in [0.15, 0.2) is 42.0 Å². The predicted molar refractivity (Wildman–Crippen MR) is 155 cm³/mol. The van der Waals surface area contributed by atoms with Crippen molar-refractivity contribution in [2.75, 3.05) is 0 Å². The van der Waals surface area contributed by atoms with Gasteiger partial charge in [-0.25, -0.2) is 4.79 Å². The fourth-order valence-corrected chi connectivity index (χ4v) is 9.64. The maximum Gasteiger partial charge on any atom is 0.508 e. The zero-order chi connectivity index (χ0) is 26.9. The number of benzene rings is 1. The van der Waals surface area contributed by atoms with E-state index in [0.717, 1.165) is 60.3 Å². The Balaban J connectivity index is 1.19. The van der Waals surface area contributed by atoms with Crippen LogP contribution in [-0.4, -0.2) is 12.3 Å². The van der Waals surface area contributed by atoms with E-state index >= 15 is 0 Å². The molecular weight excluding hydrogens is 468 g/mol. The summed E-state index contributed by atoms with van der Waals surface area (Å²) in [6.45, 7) is 12.8. The maximum atomic E-state index is 12.4. The van der Waals surface area contributed by atoms with Gasteiger partial charge in [-0.1, -0.05) is 95.9 Å². The number of rotatable bonds is 8. The molecule has 0 saturated heterocycles. The van der Waals surface area contributed by atoms with Crippen LogP contribution in [0, 0.1) is 46.3 Å². The third-order valence-corrected chi connectivity index (χ3v) is 11.7. The Hall–Kier alpha value is -1.77. The molecule has 3 nitrogen and oxygen atoms in total. The Morgan fingerprint density at radius 3 is 2.53 bits per heavy atom. The molecular formula is C35H52O3. The van der Waals surface area contributed by atoms with Crippen LogP contribution in [-0.2, 0) is 16.1 Å². The van der Waals surface area contributed by atoms with Gasteiger partial charge in [0.2, 0.25) is 0 Å². The van der Waals surface area contributed by atoms with Crippen LogP contribution < -0.4 is 0 Å². The first-order valence-electron chi connectivity index (χ1n) is 15.8. The van der Waals surface area contributed by atoms with Gasteiger partial charge in [0, 0.05) is 6.42 Å². The van der Waals surface area contributed by atoms with Gasteiger partial charge in [0.15, 0.2) is 0 Å². The maximum absolute atomic E-state index is 12.4. The largest absolute Gasteiger partial charge is 0.508 e. The molecule has 38 heavy (non-hydrogen) atoms. The highest BCUT2D eigenvalue weighted by Gasteiger charge is 2.59. The molecule has 3 saturated carbocycles. The molecule has 4 aliphatic rings. The van der Waals surface area contributed by atoms with Crippen molar-refractivity contribution < 1.29 is 14.3 Å². The van der Waals surface area contributed by atoms with Gasteiger partial charge in [0.05, 0.1) is 0 Å². The average Bonchev–Trinajstić information content (AvgIpc) is 3.25. The zero-order valence-corrected chi connectivity index (χ0v) is 24.7. The fourth-order valence-electron chi connectivity index (χ4n) is 9.64. The first-order valence-corrected chi connectivity index (χ1v) is 15.8. The molecule has 0 aromatic heterocycles. The highest BCUT2D eigenvalue weighted by atomic mass is 16.7. The lowest BCUT2D eigenvalue weighted by molar-refractivity contribution is -0.0620. The molecule has 0 amide bonds. The zero-order valence-electron chi connectivity index (χ0n) is 24.7. The summed E-state index contributed by atoms with van der Waals surface area (Å²) >= 11 is 0. The molecule has 0 unspecified atom stereocenters. The first kappa shape index (κ1) is 27.8. The van der Waals surface area contributed by atoms with E-state index in [2.05, 4.69) is 40.7 Å². The van der Waals surface area contributed by atoms with Crippen LogP contribution in [0.2, 0.25) is 0 Å². The lowest BCUT2D eigenvalue weighted by Crippen LogP contribution is -2.51. The van der Waals surface area contributed by atoms with Gasteiger partial charge in [-0.3, -0.25) is 0 Å². The summed E-state index contributed by atoms with van der Waals surface area (Å²) < 4.78 is 11.2. The minimum atomic E-state index is -0.523. The summed E-state index contributed by atoms with van der Waals surface area (Å²) in [6, 6.07) is 9.83. The molecule has 0 radical (unpaired) electrons. The molecule has 0 N–H and O–H groups in total. The van der Waals surface area contributed by atoms with E-state index in [1.54, 1.807) is 5.57 Å². The van der Waals surface area contributed by atoms with E-state index in [-0.39, 0.29) is 18.1 Å². The van der Waals surface area contributed by atoms with E-state index in [4.69, 9.17) is 9.47 Å². The van der Waals surface area contributed by atoms with E-state index in [9.17, 15) is 4.79 Å². The molecule has 5 rings (SSSR count). The molecule has 1 aromatic carbocycles. The van der Waals surface area contributed by atoms with Crippen LogP contribution in [0.3, 0.4) is 0 Å². The van der Waals surface area contributed by atoms with Gasteiger partial charge < -0.3 is 9.47 Å². The van der Waals surface area contributed by atoms with Crippen LogP contribution in [0.5, 0.6) is 0 Å². The smallest absolute Gasteiger partial charge is 0.431 e. The van der Waals surface area contributed by atoms with Crippen molar-refractivity contribution in [2.24, 2.45) is 46.3 Å². The number of carbonyl (C=O) groups excluding carboxylic acids is 1. The first-order chi connectivity index (χ1) is 18.2. The number of carbonyl (C=O) groups is 1. The van der Waals surface area contributed by atoms with E-state index in [1.807, 2.05) is 30.3 Å². The van der Waals surface area contributed by atoms with Crippen molar-refractivity contribution in [3.05, 3.63) is 47.5 Å². The van der Waals surface area contributed by atoms with Crippen molar-refractivity contribution in [3.8, 4) is 0 Å². The number of allylic oxidation sites excluding steroid dienone is 1. The molecule has 8 atom stereocenters. The Labute approximate surface area is 232 Å². The second-order valence-electron chi connectivity index (χ2n) is 14.3. The van der Waals surface area contributed by atoms with Crippen molar-refractivity contribution in [1.29, 1.82) is 0 Å². The van der Waals surface area contributed by atoms with Gasteiger partial charge in [0.1, 0.15) is 12.7 Å². The third-order valence-electron chi connectivity index (χ3n) is 11.7. The summed E-state index contributed by atoms with van der Waals surface area (Å²) in [6.07, 6.45) is 16.1. The summed E-state index contributed by atoms with van der Waals surface area (Å²) in [4.78, 5) is 12.4. The minimum absolute atomic E-state index is 0.0504. The molecule has 3 heteroatoms. The van der Waals surface area contributed by atoms with Gasteiger partial charge >= 0.3 is 6.16 Å². The standard InChI is InChI=1S/C35H52O3/c1-24(2)10-9-11-25(3)30-16-17-31-29-15-14-27-22-28(38-33(36)37-23-26-12-7-6-8-13-26)18-20-34(27,4)32(29)19-21-35(30,31)5/h6-8,12-14,24-25,28-32H,9-11,15-23H2,1-5H3/t25-,28-,29-,30+,31-,32-,34-,35+/m0/s1. The monoisotopic (exact) mass is 520 g/mol. The quantitative estimate of drug-likeness (QED) is 0.253. The molecule has 3 fully saturated rings. The van der Waals surface area contributed by atoms with Gasteiger partial charge in [-0.05, 0) is 96.8 Å². The summed E-state index contributed by atoms with van der Waals surface area (Å²) in [7, 11) is 0. The van der Waals surface area contributed by atoms with E-state index in [1.165, 1.54) is 51.4 Å². The Morgan fingerprint density at radius 1 is 0.974 bits per heavy atom. The van der Waals surface area contributed by atoms with Crippen LogP contribution in [0.25, 0.3) is 0 Å². The van der Waals surface area contributed by atoms with Crippen molar-refractivity contribution in [1.82, 2.24) is 0 Å². The summed E-state index contributed by atoms with van der Waals surface area (Å²) in [5.41, 5.74) is 3.36. The number of fused-ring (bicyclic) bond motifs is 5. The van der Waals surface area contributed by atoms with E-state index < -0.39 is 6.16 Å². The molecule has 0 spiro atoms. The van der Waals surface area contributed by atoms with Crippen LogP contribution >= 0.6 is 0 Å². The third kappa shape index (κ3) is 5.46. The SMILES string of the molecule is CC(C)CCC[C@H](C)[C@H]1CC[C@H]2[C@@H]3CC=C4C[C@@H](OC(=O)OCc5ccccc5)CC[C@]4(C)[C@H]3CC[C@]12C. The topological polar surface area (TPSA) is 35.5 Å². The Morgan fingerprint density at radius 2 is 1.76 bits per heavy atom. The lowest BCUT2D eigenvalue weighted by Gasteiger charge is -2.58. The van der Waals surface area contributed by atoms with Crippen LogP contribution in [0.1, 0.15) is 111 Å².